The van der Waals surface area contributed by atoms with E-state index in [-0.39, 0.29) is 17.5 Å². The summed E-state index contributed by atoms with van der Waals surface area (Å²) in [6.45, 7) is 6.37. The standard InChI is InChI=1S/C24H31N3O4S/c1-17-8-11-21(12-9-17)32(30,31)27-15-5-4-6-20(27)13-14-25-23(28)24(29)26-22-16-18(2)7-10-19(22)3/h7-12,16,20H,4-6,13-15H2,1-3H3,(H,25,28)(H,26,29). The van der Waals surface area contributed by atoms with Crippen molar-refractivity contribution in [3.05, 3.63) is 59.2 Å². The van der Waals surface area contributed by atoms with Gasteiger partial charge in [-0.2, -0.15) is 4.31 Å². The molecule has 0 spiro atoms. The molecule has 0 bridgehead atoms. The van der Waals surface area contributed by atoms with Crippen LogP contribution in [0.2, 0.25) is 0 Å². The highest BCUT2D eigenvalue weighted by Crippen LogP contribution is 2.27. The molecule has 2 aromatic carbocycles. The molecule has 0 saturated carbocycles. The van der Waals surface area contributed by atoms with Crippen molar-refractivity contribution in [1.29, 1.82) is 0 Å². The van der Waals surface area contributed by atoms with Crippen molar-refractivity contribution in [2.45, 2.75) is 57.4 Å². The summed E-state index contributed by atoms with van der Waals surface area (Å²) in [7, 11) is -3.60. The van der Waals surface area contributed by atoms with Gasteiger partial charge in [0.1, 0.15) is 0 Å². The molecule has 0 radical (unpaired) electrons. The smallest absolute Gasteiger partial charge is 0.313 e. The fourth-order valence-electron chi connectivity index (χ4n) is 3.91. The normalized spacial score (nSPS) is 17.0. The Morgan fingerprint density at radius 1 is 0.969 bits per heavy atom. The summed E-state index contributed by atoms with van der Waals surface area (Å²) in [6, 6.07) is 12.3. The number of anilines is 1. The Kier molecular flexibility index (Phi) is 7.69. The van der Waals surface area contributed by atoms with Crippen LogP contribution in [0.15, 0.2) is 47.4 Å². The average Bonchev–Trinajstić information content (AvgIpc) is 2.76. The summed E-state index contributed by atoms with van der Waals surface area (Å²) >= 11 is 0. The molecule has 0 aliphatic carbocycles. The van der Waals surface area contributed by atoms with Crippen molar-refractivity contribution in [3.8, 4) is 0 Å². The first-order chi connectivity index (χ1) is 15.2. The molecule has 0 aromatic heterocycles. The molecule has 2 amide bonds. The molecule has 1 atom stereocenters. The summed E-state index contributed by atoms with van der Waals surface area (Å²) in [5.41, 5.74) is 3.46. The third-order valence-corrected chi connectivity index (χ3v) is 7.78. The monoisotopic (exact) mass is 457 g/mol. The number of amides is 2. The second-order valence-corrected chi connectivity index (χ2v) is 10.3. The third kappa shape index (κ3) is 5.75. The molecule has 172 valence electrons. The van der Waals surface area contributed by atoms with E-state index < -0.39 is 21.8 Å². The van der Waals surface area contributed by atoms with Gasteiger partial charge in [-0.3, -0.25) is 9.59 Å². The van der Waals surface area contributed by atoms with Crippen LogP contribution in [-0.2, 0) is 19.6 Å². The predicted octanol–water partition coefficient (Wildman–Crippen LogP) is 3.30. The Labute approximate surface area is 190 Å². The molecule has 2 N–H and O–H groups in total. The van der Waals surface area contributed by atoms with Crippen LogP contribution in [-0.4, -0.2) is 43.7 Å². The molecular formula is C24H31N3O4S. The van der Waals surface area contributed by atoms with E-state index in [9.17, 15) is 18.0 Å². The minimum absolute atomic E-state index is 0.211. The van der Waals surface area contributed by atoms with E-state index in [2.05, 4.69) is 10.6 Å². The van der Waals surface area contributed by atoms with Gasteiger partial charge in [-0.15, -0.1) is 0 Å². The molecule has 8 heteroatoms. The highest BCUT2D eigenvalue weighted by Gasteiger charge is 2.33. The van der Waals surface area contributed by atoms with Crippen LogP contribution in [0.4, 0.5) is 5.69 Å². The third-order valence-electron chi connectivity index (χ3n) is 5.81. The molecule has 1 heterocycles. The van der Waals surface area contributed by atoms with Crippen molar-refractivity contribution >= 4 is 27.5 Å². The summed E-state index contributed by atoms with van der Waals surface area (Å²) in [5.74, 6) is -1.46. The van der Waals surface area contributed by atoms with Gasteiger partial charge in [-0.25, -0.2) is 8.42 Å². The summed E-state index contributed by atoms with van der Waals surface area (Å²) in [4.78, 5) is 24.8. The molecule has 1 aliphatic rings. The summed E-state index contributed by atoms with van der Waals surface area (Å²) in [5, 5.41) is 5.27. The number of benzene rings is 2. The quantitative estimate of drug-likeness (QED) is 0.651. The van der Waals surface area contributed by atoms with Crippen molar-refractivity contribution in [1.82, 2.24) is 9.62 Å². The topological polar surface area (TPSA) is 95.6 Å². The SMILES string of the molecule is Cc1ccc(S(=O)(=O)N2CCCCC2CCNC(=O)C(=O)Nc2cc(C)ccc2C)cc1. The average molecular weight is 458 g/mol. The molecule has 1 fully saturated rings. The molecule has 2 aromatic rings. The van der Waals surface area contributed by atoms with E-state index in [0.29, 0.717) is 18.7 Å². The van der Waals surface area contributed by atoms with Gasteiger partial charge in [0.2, 0.25) is 10.0 Å². The number of sulfonamides is 1. The summed E-state index contributed by atoms with van der Waals surface area (Å²) < 4.78 is 27.8. The predicted molar refractivity (Wildman–Crippen MR) is 125 cm³/mol. The number of nitrogens with zero attached hydrogens (tertiary/aromatic N) is 1. The Hall–Kier alpha value is -2.71. The number of carbonyl (C=O) groups excluding carboxylic acids is 2. The zero-order valence-corrected chi connectivity index (χ0v) is 19.7. The van der Waals surface area contributed by atoms with Gasteiger partial charge in [0, 0.05) is 24.8 Å². The van der Waals surface area contributed by atoms with Crippen LogP contribution < -0.4 is 10.6 Å². The molecule has 32 heavy (non-hydrogen) atoms. The lowest BCUT2D eigenvalue weighted by Crippen LogP contribution is -2.45. The number of hydrogen-bond acceptors (Lipinski definition) is 4. The highest BCUT2D eigenvalue weighted by molar-refractivity contribution is 7.89. The number of carbonyl (C=O) groups is 2. The Bertz CT molecular complexity index is 1080. The zero-order chi connectivity index (χ0) is 23.3. The van der Waals surface area contributed by atoms with E-state index in [4.69, 9.17) is 0 Å². The van der Waals surface area contributed by atoms with Crippen molar-refractivity contribution in [2.75, 3.05) is 18.4 Å². The first-order valence-electron chi connectivity index (χ1n) is 10.9. The van der Waals surface area contributed by atoms with Gasteiger partial charge >= 0.3 is 11.8 Å². The first kappa shape index (κ1) is 23.9. The second kappa shape index (κ2) is 10.3. The van der Waals surface area contributed by atoms with E-state index in [1.165, 1.54) is 0 Å². The van der Waals surface area contributed by atoms with Gasteiger partial charge in [0.25, 0.3) is 0 Å². The fraction of sp³-hybridized carbons (Fsp3) is 0.417. The Morgan fingerprint density at radius 2 is 1.66 bits per heavy atom. The van der Waals surface area contributed by atoms with Crippen molar-refractivity contribution in [3.63, 3.8) is 0 Å². The maximum Gasteiger partial charge on any atom is 0.313 e. The number of hydrogen-bond donors (Lipinski definition) is 2. The van der Waals surface area contributed by atoms with Crippen LogP contribution in [0.3, 0.4) is 0 Å². The zero-order valence-electron chi connectivity index (χ0n) is 18.8. The van der Waals surface area contributed by atoms with Gasteiger partial charge in [-0.05, 0) is 69.4 Å². The van der Waals surface area contributed by atoms with E-state index in [1.807, 2.05) is 39.0 Å². The maximum absolute atomic E-state index is 13.2. The van der Waals surface area contributed by atoms with E-state index >= 15 is 0 Å². The number of nitrogens with one attached hydrogen (secondary N) is 2. The minimum Gasteiger partial charge on any atom is -0.348 e. The lowest BCUT2D eigenvalue weighted by Gasteiger charge is -2.34. The van der Waals surface area contributed by atoms with Gasteiger partial charge in [0.05, 0.1) is 4.90 Å². The molecular weight excluding hydrogens is 426 g/mol. The summed E-state index contributed by atoms with van der Waals surface area (Å²) in [6.07, 6.45) is 2.93. The Balaban J connectivity index is 1.58. The van der Waals surface area contributed by atoms with Crippen LogP contribution in [0, 0.1) is 20.8 Å². The first-order valence-corrected chi connectivity index (χ1v) is 12.4. The number of aryl methyl sites for hydroxylation is 3. The molecule has 7 nitrogen and oxygen atoms in total. The van der Waals surface area contributed by atoms with Gasteiger partial charge in [-0.1, -0.05) is 36.2 Å². The van der Waals surface area contributed by atoms with Crippen LogP contribution >= 0.6 is 0 Å². The fourth-order valence-corrected chi connectivity index (χ4v) is 5.63. The second-order valence-electron chi connectivity index (χ2n) is 8.40. The van der Waals surface area contributed by atoms with E-state index in [0.717, 1.165) is 36.0 Å². The molecule has 1 unspecified atom stereocenters. The lowest BCUT2D eigenvalue weighted by molar-refractivity contribution is -0.136. The highest BCUT2D eigenvalue weighted by atomic mass is 32.2. The van der Waals surface area contributed by atoms with Gasteiger partial charge in [0.15, 0.2) is 0 Å². The maximum atomic E-state index is 13.2. The van der Waals surface area contributed by atoms with E-state index in [1.54, 1.807) is 28.6 Å². The van der Waals surface area contributed by atoms with Crippen molar-refractivity contribution < 1.29 is 18.0 Å². The molecule has 1 saturated heterocycles. The van der Waals surface area contributed by atoms with Gasteiger partial charge < -0.3 is 10.6 Å². The Morgan fingerprint density at radius 3 is 2.38 bits per heavy atom. The van der Waals surface area contributed by atoms with Crippen LogP contribution in [0.5, 0.6) is 0 Å². The largest absolute Gasteiger partial charge is 0.348 e. The number of piperidine rings is 1. The van der Waals surface area contributed by atoms with Crippen LogP contribution in [0.1, 0.15) is 42.4 Å². The molecule has 3 rings (SSSR count). The van der Waals surface area contributed by atoms with Crippen molar-refractivity contribution in [2.24, 2.45) is 0 Å². The lowest BCUT2D eigenvalue weighted by atomic mass is 10.0. The van der Waals surface area contributed by atoms with Crippen LogP contribution in [0.25, 0.3) is 0 Å². The minimum atomic E-state index is -3.60. The molecule has 1 aliphatic heterocycles. The number of rotatable bonds is 6.